The maximum absolute atomic E-state index is 9.47. The first-order valence-corrected chi connectivity index (χ1v) is 10.00. The maximum Gasteiger partial charge on any atom is 0.157 e. The van der Waals surface area contributed by atoms with Crippen LogP contribution in [-0.2, 0) is 6.42 Å². The summed E-state index contributed by atoms with van der Waals surface area (Å²) < 4.78 is 1.96. The maximum atomic E-state index is 9.47. The number of aromatic nitrogens is 3. The smallest absolute Gasteiger partial charge is 0.157 e. The fourth-order valence-corrected chi connectivity index (χ4v) is 4.24. The van der Waals surface area contributed by atoms with Crippen molar-refractivity contribution in [3.8, 4) is 0 Å². The fourth-order valence-electron chi connectivity index (χ4n) is 4.03. The highest BCUT2D eigenvalue weighted by Crippen LogP contribution is 2.28. The average Bonchev–Trinajstić information content (AvgIpc) is 3.04. The van der Waals surface area contributed by atoms with E-state index in [9.17, 15) is 5.11 Å². The van der Waals surface area contributed by atoms with E-state index in [0.29, 0.717) is 6.04 Å². The zero-order valence-electron chi connectivity index (χ0n) is 15.6. The van der Waals surface area contributed by atoms with E-state index in [-0.39, 0.29) is 6.61 Å². The lowest BCUT2D eigenvalue weighted by molar-refractivity contribution is 0.262. The topological polar surface area (TPSA) is 53.7 Å². The number of halogens is 1. The van der Waals surface area contributed by atoms with Crippen LogP contribution in [0.2, 0.25) is 5.02 Å². The lowest BCUT2D eigenvalue weighted by Gasteiger charge is -2.37. The number of anilines is 1. The Labute approximate surface area is 164 Å². The molecule has 0 saturated carbocycles. The van der Waals surface area contributed by atoms with Crippen molar-refractivity contribution in [2.24, 2.45) is 0 Å². The van der Waals surface area contributed by atoms with Crippen LogP contribution in [0.4, 0.5) is 5.82 Å². The number of aryl methyl sites for hydroxylation is 1. The van der Waals surface area contributed by atoms with E-state index < -0.39 is 0 Å². The predicted octanol–water partition coefficient (Wildman–Crippen LogP) is 4.02. The molecule has 0 amide bonds. The second-order valence-electron chi connectivity index (χ2n) is 7.32. The summed E-state index contributed by atoms with van der Waals surface area (Å²) in [5.41, 5.74) is 3.98. The third-order valence-corrected chi connectivity index (χ3v) is 5.48. The lowest BCUT2D eigenvalue weighted by Crippen LogP contribution is -2.41. The van der Waals surface area contributed by atoms with Crippen LogP contribution in [0.5, 0.6) is 0 Å². The Kier molecular flexibility index (Phi) is 5.32. The van der Waals surface area contributed by atoms with Crippen molar-refractivity contribution in [1.82, 2.24) is 14.6 Å². The van der Waals surface area contributed by atoms with Crippen LogP contribution < -0.4 is 4.90 Å². The van der Waals surface area contributed by atoms with E-state index in [1.807, 2.05) is 29.6 Å². The molecule has 3 aromatic rings. The van der Waals surface area contributed by atoms with Gasteiger partial charge in [0.1, 0.15) is 5.82 Å². The summed E-state index contributed by atoms with van der Waals surface area (Å²) >= 11 is 6.12. The van der Waals surface area contributed by atoms with Gasteiger partial charge in [0.25, 0.3) is 0 Å². The van der Waals surface area contributed by atoms with Gasteiger partial charge in [0.2, 0.25) is 0 Å². The van der Waals surface area contributed by atoms with Crippen LogP contribution in [0.15, 0.2) is 36.4 Å². The molecule has 1 fully saturated rings. The second kappa shape index (κ2) is 7.87. The Balaban J connectivity index is 1.71. The number of piperidine rings is 1. The van der Waals surface area contributed by atoms with Gasteiger partial charge in [0.05, 0.1) is 5.69 Å². The molecular formula is C21H25ClN4O. The third-order valence-electron chi connectivity index (χ3n) is 5.25. The highest BCUT2D eigenvalue weighted by molar-refractivity contribution is 6.30. The molecule has 0 radical (unpaired) electrons. The number of nitrogens with zero attached hydrogens (tertiary/aromatic N) is 4. The molecule has 6 heteroatoms. The van der Waals surface area contributed by atoms with E-state index in [2.05, 4.69) is 28.1 Å². The van der Waals surface area contributed by atoms with Gasteiger partial charge in [-0.3, -0.25) is 0 Å². The van der Waals surface area contributed by atoms with Crippen molar-refractivity contribution in [3.63, 3.8) is 0 Å². The minimum Gasteiger partial charge on any atom is -0.396 e. The number of fused-ring (bicyclic) bond motifs is 1. The van der Waals surface area contributed by atoms with E-state index in [0.717, 1.165) is 59.2 Å². The molecule has 0 spiro atoms. The number of aliphatic hydroxyl groups excluding tert-OH is 1. The van der Waals surface area contributed by atoms with E-state index >= 15 is 0 Å². The fraction of sp³-hybridized carbons (Fsp3) is 0.429. The second-order valence-corrected chi connectivity index (χ2v) is 7.76. The van der Waals surface area contributed by atoms with Gasteiger partial charge >= 0.3 is 0 Å². The predicted molar refractivity (Wildman–Crippen MR) is 109 cm³/mol. The normalized spacial score (nSPS) is 17.6. The quantitative estimate of drug-likeness (QED) is 0.721. The summed E-state index contributed by atoms with van der Waals surface area (Å²) in [4.78, 5) is 7.08. The molecule has 3 heterocycles. The standard InChI is InChI=1S/C21H25ClN4O/c1-15-11-21(25-9-3-2-7-19(25)8-10-27)26-20(23-15)14-18(24-26)13-16-5-4-6-17(22)12-16/h4-6,11-12,14,19,27H,2-3,7-10,13H2,1H3. The van der Waals surface area contributed by atoms with Crippen molar-refractivity contribution in [3.05, 3.63) is 58.4 Å². The van der Waals surface area contributed by atoms with Crippen LogP contribution >= 0.6 is 11.6 Å². The van der Waals surface area contributed by atoms with Crippen LogP contribution in [0, 0.1) is 6.92 Å². The average molecular weight is 385 g/mol. The lowest BCUT2D eigenvalue weighted by atomic mass is 9.99. The van der Waals surface area contributed by atoms with Crippen molar-refractivity contribution < 1.29 is 5.11 Å². The summed E-state index contributed by atoms with van der Waals surface area (Å²) in [6.07, 6.45) is 5.01. The Bertz CT molecular complexity index is 937. The molecule has 1 aromatic carbocycles. The molecule has 1 saturated heterocycles. The largest absolute Gasteiger partial charge is 0.396 e. The first-order valence-electron chi connectivity index (χ1n) is 9.62. The molecule has 1 N–H and O–H groups in total. The summed E-state index contributed by atoms with van der Waals surface area (Å²) in [5, 5.41) is 15.1. The van der Waals surface area contributed by atoms with E-state index in [4.69, 9.17) is 16.7 Å². The van der Waals surface area contributed by atoms with Crippen LogP contribution in [0.25, 0.3) is 5.65 Å². The SMILES string of the molecule is Cc1cc(N2CCCCC2CCO)n2nc(Cc3cccc(Cl)c3)cc2n1. The Hall–Kier alpha value is -2.11. The summed E-state index contributed by atoms with van der Waals surface area (Å²) in [7, 11) is 0. The van der Waals surface area contributed by atoms with Crippen molar-refractivity contribution in [1.29, 1.82) is 0 Å². The molecule has 0 aliphatic carbocycles. The summed E-state index contributed by atoms with van der Waals surface area (Å²) in [6, 6.07) is 12.4. The number of hydrogen-bond acceptors (Lipinski definition) is 4. The molecule has 5 nitrogen and oxygen atoms in total. The Morgan fingerprint density at radius 3 is 2.93 bits per heavy atom. The summed E-state index contributed by atoms with van der Waals surface area (Å²) in [5.74, 6) is 1.08. The molecule has 0 bridgehead atoms. The minimum atomic E-state index is 0.216. The van der Waals surface area contributed by atoms with Crippen LogP contribution in [0.3, 0.4) is 0 Å². The number of rotatable bonds is 5. The van der Waals surface area contributed by atoms with Crippen molar-refractivity contribution in [2.75, 3.05) is 18.1 Å². The third kappa shape index (κ3) is 3.94. The number of aliphatic hydroxyl groups is 1. The van der Waals surface area contributed by atoms with Gasteiger partial charge in [-0.05, 0) is 50.3 Å². The van der Waals surface area contributed by atoms with Gasteiger partial charge in [-0.1, -0.05) is 23.7 Å². The van der Waals surface area contributed by atoms with Gasteiger partial charge < -0.3 is 10.0 Å². The zero-order valence-corrected chi connectivity index (χ0v) is 16.4. The molecule has 1 aliphatic heterocycles. The van der Waals surface area contributed by atoms with Crippen LogP contribution in [-0.4, -0.2) is 38.9 Å². The highest BCUT2D eigenvalue weighted by Gasteiger charge is 2.25. The number of benzene rings is 1. The Morgan fingerprint density at radius 2 is 2.11 bits per heavy atom. The van der Waals surface area contributed by atoms with Gasteiger partial charge in [-0.2, -0.15) is 9.61 Å². The molecule has 4 rings (SSSR count). The van der Waals surface area contributed by atoms with E-state index in [1.165, 1.54) is 12.8 Å². The minimum absolute atomic E-state index is 0.216. The van der Waals surface area contributed by atoms with Crippen molar-refractivity contribution in [2.45, 2.75) is 45.1 Å². The highest BCUT2D eigenvalue weighted by atomic mass is 35.5. The Morgan fingerprint density at radius 1 is 1.22 bits per heavy atom. The molecule has 1 atom stereocenters. The van der Waals surface area contributed by atoms with Gasteiger partial charge in [-0.25, -0.2) is 4.98 Å². The summed E-state index contributed by atoms with van der Waals surface area (Å²) in [6.45, 7) is 3.23. The molecule has 1 unspecified atom stereocenters. The van der Waals surface area contributed by atoms with Gasteiger partial charge in [0.15, 0.2) is 5.65 Å². The first kappa shape index (κ1) is 18.3. The number of hydrogen-bond donors (Lipinski definition) is 1. The van der Waals surface area contributed by atoms with Gasteiger partial charge in [-0.15, -0.1) is 0 Å². The molecule has 1 aliphatic rings. The zero-order chi connectivity index (χ0) is 18.8. The van der Waals surface area contributed by atoms with E-state index in [1.54, 1.807) is 0 Å². The molecule has 27 heavy (non-hydrogen) atoms. The molecular weight excluding hydrogens is 360 g/mol. The molecule has 2 aromatic heterocycles. The van der Waals surface area contributed by atoms with Crippen LogP contribution in [0.1, 0.15) is 42.6 Å². The first-order chi connectivity index (χ1) is 13.1. The van der Waals surface area contributed by atoms with Crippen molar-refractivity contribution >= 4 is 23.1 Å². The molecule has 142 valence electrons. The monoisotopic (exact) mass is 384 g/mol. The van der Waals surface area contributed by atoms with Gasteiger partial charge in [0, 0.05) is 48.5 Å².